The molecule has 0 amide bonds. The molecule has 53 heavy (non-hydrogen) atoms. The Balaban J connectivity index is 1.13. The van der Waals surface area contributed by atoms with Gasteiger partial charge in [-0.25, -0.2) is 9.36 Å². The summed E-state index contributed by atoms with van der Waals surface area (Å²) in [6.07, 6.45) is 14.0. The van der Waals surface area contributed by atoms with E-state index in [-0.39, 0.29) is 37.9 Å². The van der Waals surface area contributed by atoms with Crippen LogP contribution in [0.1, 0.15) is 111 Å². The van der Waals surface area contributed by atoms with E-state index in [2.05, 4.69) is 40.7 Å². The van der Waals surface area contributed by atoms with Gasteiger partial charge in [0.2, 0.25) is 0 Å². The van der Waals surface area contributed by atoms with Crippen LogP contribution in [0.25, 0.3) is 0 Å². The van der Waals surface area contributed by atoms with E-state index in [4.69, 9.17) is 23.3 Å². The third kappa shape index (κ3) is 11.2. The van der Waals surface area contributed by atoms with Crippen molar-refractivity contribution in [2.45, 2.75) is 124 Å². The molecule has 0 spiro atoms. The highest BCUT2D eigenvalue weighted by molar-refractivity contribution is 7.47. The third-order valence-corrected chi connectivity index (χ3v) is 14.7. The number of hydrogen-bond donors (Lipinski definition) is 1. The second-order valence-electron chi connectivity index (χ2n) is 18.9. The maximum atomic E-state index is 13.0. The molecule has 10 atom stereocenters. The van der Waals surface area contributed by atoms with E-state index in [1.165, 1.54) is 50.5 Å². The van der Waals surface area contributed by atoms with Gasteiger partial charge in [-0.3, -0.25) is 9.05 Å². The predicted octanol–water partition coefficient (Wildman–Crippen LogP) is 9.97. The molecule has 0 bridgehead atoms. The van der Waals surface area contributed by atoms with Crippen LogP contribution in [0, 0.1) is 46.3 Å². The topological polar surface area (TPSA) is 101 Å². The van der Waals surface area contributed by atoms with E-state index in [1.807, 2.05) is 51.5 Å². The zero-order chi connectivity index (χ0) is 38.4. The molecule has 0 aromatic heterocycles. The number of rotatable bonds is 18. The van der Waals surface area contributed by atoms with Crippen LogP contribution in [0.4, 0.5) is 4.79 Å². The molecule has 300 valence electrons. The fraction of sp³-hybridized carbons (Fsp3) is 0.791. The van der Waals surface area contributed by atoms with Crippen molar-refractivity contribution >= 4 is 14.0 Å². The molecular formula is C43H71NO8P+. The molecule has 1 aromatic rings. The second-order valence-corrected chi connectivity index (χ2v) is 20.3. The Bertz CT molecular complexity index is 1410. The lowest BCUT2D eigenvalue weighted by atomic mass is 9.47. The molecule has 0 heterocycles. The van der Waals surface area contributed by atoms with E-state index < -0.39 is 20.1 Å². The zero-order valence-electron chi connectivity index (χ0n) is 34.1. The Morgan fingerprint density at radius 3 is 2.43 bits per heavy atom. The van der Waals surface area contributed by atoms with Crippen LogP contribution in [0.2, 0.25) is 0 Å². The molecule has 3 unspecified atom stereocenters. The molecule has 9 nitrogen and oxygen atoms in total. The van der Waals surface area contributed by atoms with E-state index >= 15 is 0 Å². The Morgan fingerprint density at radius 2 is 1.72 bits per heavy atom. The van der Waals surface area contributed by atoms with Gasteiger partial charge in [-0.15, -0.1) is 0 Å². The van der Waals surface area contributed by atoms with Crippen molar-refractivity contribution in [2.24, 2.45) is 46.3 Å². The molecule has 0 radical (unpaired) electrons. The first-order chi connectivity index (χ1) is 25.0. The quantitative estimate of drug-likeness (QED) is 0.0683. The highest BCUT2D eigenvalue weighted by Crippen LogP contribution is 2.67. The van der Waals surface area contributed by atoms with Gasteiger partial charge in [-0.05, 0) is 96.8 Å². The average Bonchev–Trinajstić information content (AvgIpc) is 3.45. The summed E-state index contributed by atoms with van der Waals surface area (Å²) in [5.74, 6) is 4.72. The number of hydrogen-bond acceptors (Lipinski definition) is 7. The van der Waals surface area contributed by atoms with Crippen LogP contribution in [-0.2, 0) is 34.4 Å². The molecule has 3 fully saturated rings. The average molecular weight is 761 g/mol. The number of allylic oxidation sites excluding steroid dienone is 1. The van der Waals surface area contributed by atoms with Crippen molar-refractivity contribution in [1.82, 2.24) is 0 Å². The first-order valence-electron chi connectivity index (χ1n) is 20.6. The molecule has 1 aromatic carbocycles. The van der Waals surface area contributed by atoms with Gasteiger partial charge in [-0.2, -0.15) is 0 Å². The van der Waals surface area contributed by atoms with Crippen LogP contribution in [0.3, 0.4) is 0 Å². The van der Waals surface area contributed by atoms with Crippen molar-refractivity contribution in [2.75, 3.05) is 47.5 Å². The number of phosphoric acid groups is 1. The molecule has 1 N–H and O–H groups in total. The summed E-state index contributed by atoms with van der Waals surface area (Å²) < 4.78 is 41.1. The van der Waals surface area contributed by atoms with Crippen molar-refractivity contribution < 1.29 is 42.0 Å². The number of nitrogens with zero attached hydrogens (tertiary/aromatic N) is 1. The number of phosphoric ester groups is 1. The first kappa shape index (κ1) is 42.4. The summed E-state index contributed by atoms with van der Waals surface area (Å²) in [5.41, 5.74) is 3.01. The largest absolute Gasteiger partial charge is 0.508 e. The van der Waals surface area contributed by atoms with Crippen LogP contribution in [0.5, 0.6) is 0 Å². The predicted molar refractivity (Wildman–Crippen MR) is 209 cm³/mol. The third-order valence-electron chi connectivity index (χ3n) is 13.7. The second kappa shape index (κ2) is 18.0. The van der Waals surface area contributed by atoms with E-state index in [9.17, 15) is 14.3 Å². The lowest BCUT2D eigenvalue weighted by Gasteiger charge is -2.58. The van der Waals surface area contributed by atoms with E-state index in [0.717, 1.165) is 60.8 Å². The molecule has 0 aliphatic heterocycles. The van der Waals surface area contributed by atoms with Crippen molar-refractivity contribution in [3.63, 3.8) is 0 Å². The van der Waals surface area contributed by atoms with E-state index in [1.54, 1.807) is 0 Å². The van der Waals surface area contributed by atoms with E-state index in [0.29, 0.717) is 22.4 Å². The summed E-state index contributed by atoms with van der Waals surface area (Å²) in [5, 5.41) is 0. The van der Waals surface area contributed by atoms with Gasteiger partial charge in [0.05, 0.1) is 34.4 Å². The highest BCUT2D eigenvalue weighted by atomic mass is 31.2. The zero-order valence-corrected chi connectivity index (χ0v) is 35.0. The summed E-state index contributed by atoms with van der Waals surface area (Å²) in [6, 6.07) is 9.57. The Kier molecular flexibility index (Phi) is 14.4. The van der Waals surface area contributed by atoms with Gasteiger partial charge in [0.1, 0.15) is 32.0 Å². The number of ether oxygens (including phenoxy) is 3. The van der Waals surface area contributed by atoms with Crippen molar-refractivity contribution in [3.8, 4) is 0 Å². The molecule has 0 saturated heterocycles. The van der Waals surface area contributed by atoms with Crippen molar-refractivity contribution in [3.05, 3.63) is 47.5 Å². The Morgan fingerprint density at radius 1 is 0.962 bits per heavy atom. The highest BCUT2D eigenvalue weighted by Gasteiger charge is 2.59. The normalized spacial score (nSPS) is 32.1. The summed E-state index contributed by atoms with van der Waals surface area (Å²) in [7, 11) is 1.58. The fourth-order valence-electron chi connectivity index (χ4n) is 10.7. The molecule has 10 heteroatoms. The van der Waals surface area contributed by atoms with Gasteiger partial charge in [0.15, 0.2) is 0 Å². The van der Waals surface area contributed by atoms with Gasteiger partial charge in [0, 0.05) is 6.42 Å². The molecule has 5 rings (SSSR count). The van der Waals surface area contributed by atoms with Gasteiger partial charge < -0.3 is 23.6 Å². The minimum atomic E-state index is -4.33. The van der Waals surface area contributed by atoms with Crippen LogP contribution in [-0.4, -0.2) is 75.2 Å². The van der Waals surface area contributed by atoms with Crippen molar-refractivity contribution in [1.29, 1.82) is 0 Å². The monoisotopic (exact) mass is 760 g/mol. The standard InChI is InChI=1S/C43H70NO8P/c1-31(2)13-12-14-32(3)38-19-20-39-37-18-17-34-27-35(21-23-42(34,4)40(37)22-24-43(38,39)5)52-41(45)49-29-36(48-28-33-15-10-9-11-16-33)30-51-53(46,47)50-26-25-44(6,7)8/h9-11,15-17,31-32,35-40H,12-14,18-30H2,1-8H3/p+1/t32-,35?,36?,37+,38-,39+,40+,42+,43-/m1/s1. The minimum absolute atomic E-state index is 0.0618. The molecule has 4 aliphatic carbocycles. The SMILES string of the molecule is CC(C)CCC[C@@H](C)[C@H]1CC[C@H]2[C@@H]3CC=C4CC(OC(=O)OCC(COP(=O)(O)OCC[N+](C)(C)C)OCc5ccccc5)CC[C@]4(C)[C@H]3CC[C@]12C. The number of quaternary nitrogens is 1. The molecule has 4 aliphatic rings. The molecule has 3 saturated carbocycles. The summed E-state index contributed by atoms with van der Waals surface area (Å²) in [6.45, 7) is 12.7. The van der Waals surface area contributed by atoms with Gasteiger partial charge in [0.25, 0.3) is 0 Å². The number of fused-ring (bicyclic) bond motifs is 5. The fourth-order valence-corrected chi connectivity index (χ4v) is 11.4. The lowest BCUT2D eigenvalue weighted by molar-refractivity contribution is -0.870. The first-order valence-corrected chi connectivity index (χ1v) is 22.1. The number of benzene rings is 1. The van der Waals surface area contributed by atoms with Crippen LogP contribution in [0.15, 0.2) is 42.0 Å². The summed E-state index contributed by atoms with van der Waals surface area (Å²) >= 11 is 0. The summed E-state index contributed by atoms with van der Waals surface area (Å²) in [4.78, 5) is 23.3. The van der Waals surface area contributed by atoms with Crippen LogP contribution >= 0.6 is 7.82 Å². The Hall–Kier alpha value is -1.74. The van der Waals surface area contributed by atoms with Gasteiger partial charge in [-0.1, -0.05) is 95.9 Å². The van der Waals surface area contributed by atoms with Crippen LogP contribution < -0.4 is 0 Å². The number of carbonyl (C=O) groups is 1. The lowest BCUT2D eigenvalue weighted by Crippen LogP contribution is -2.51. The maximum absolute atomic E-state index is 13.0. The number of carbonyl (C=O) groups excluding carboxylic acids is 1. The smallest absolute Gasteiger partial charge is 0.431 e. The Labute approximate surface area is 320 Å². The minimum Gasteiger partial charge on any atom is -0.431 e. The maximum Gasteiger partial charge on any atom is 0.508 e. The number of likely N-dealkylation sites (N-methyl/N-ethyl adjacent to an activating group) is 1. The molecular weight excluding hydrogens is 689 g/mol. The van der Waals surface area contributed by atoms with Gasteiger partial charge >= 0.3 is 14.0 Å².